The number of hydrogen-bond donors (Lipinski definition) is 1. The molecule has 1 aliphatic heterocycles. The molecule has 0 saturated heterocycles. The van der Waals surface area contributed by atoms with Gasteiger partial charge in [-0.3, -0.25) is 4.79 Å². The second-order valence-corrected chi connectivity index (χ2v) is 7.73. The molecule has 138 valence electrons. The summed E-state index contributed by atoms with van der Waals surface area (Å²) in [6.45, 7) is 2.71. The highest BCUT2D eigenvalue weighted by atomic mass is 35.5. The number of nitrogens with zero attached hydrogens (tertiary/aromatic N) is 2. The van der Waals surface area contributed by atoms with Gasteiger partial charge in [-0.25, -0.2) is 4.98 Å². The number of rotatable bonds is 5. The van der Waals surface area contributed by atoms with Crippen LogP contribution in [0.1, 0.15) is 6.92 Å². The summed E-state index contributed by atoms with van der Waals surface area (Å²) in [6, 6.07) is 14.7. The van der Waals surface area contributed by atoms with Gasteiger partial charge in [-0.15, -0.1) is 0 Å². The molecular weight excluding hydrogens is 382 g/mol. The molecule has 0 aliphatic carbocycles. The number of carbonyl (C=O) groups excluding carboxylic acids is 1. The molecule has 0 saturated carbocycles. The molecule has 0 fully saturated rings. The van der Waals surface area contributed by atoms with Crippen LogP contribution in [0.3, 0.4) is 0 Å². The van der Waals surface area contributed by atoms with Gasteiger partial charge in [0.25, 0.3) is 5.91 Å². The summed E-state index contributed by atoms with van der Waals surface area (Å²) >= 11 is 7.71. The molecule has 0 radical (unpaired) electrons. The molecule has 3 aromatic rings. The number of nitrogens with one attached hydrogen (secondary N) is 1. The summed E-state index contributed by atoms with van der Waals surface area (Å²) < 4.78 is 7.82. The Hall–Kier alpha value is -2.44. The molecule has 2 aromatic carbocycles. The Balaban J connectivity index is 1.39. The summed E-state index contributed by atoms with van der Waals surface area (Å²) in [6.07, 6.45) is 1.43. The number of imidazole rings is 1. The molecule has 0 bridgehead atoms. The average molecular weight is 400 g/mol. The average Bonchev–Trinajstić information content (AvgIpc) is 3.24. The molecule has 5 nitrogen and oxygen atoms in total. The molecule has 1 aromatic heterocycles. The van der Waals surface area contributed by atoms with Gasteiger partial charge in [-0.2, -0.15) is 0 Å². The zero-order valence-corrected chi connectivity index (χ0v) is 16.3. The predicted octanol–water partition coefficient (Wildman–Crippen LogP) is 4.72. The Morgan fingerprint density at radius 3 is 2.85 bits per heavy atom. The quantitative estimate of drug-likeness (QED) is 0.674. The number of aryl methyl sites for hydroxylation is 1. The van der Waals surface area contributed by atoms with Gasteiger partial charge in [-0.05, 0) is 37.3 Å². The van der Waals surface area contributed by atoms with Crippen LogP contribution >= 0.6 is 23.4 Å². The third-order valence-corrected chi connectivity index (χ3v) is 5.44. The number of hydrogen-bond acceptors (Lipinski definition) is 4. The van der Waals surface area contributed by atoms with Crippen molar-refractivity contribution in [2.24, 2.45) is 0 Å². The summed E-state index contributed by atoms with van der Waals surface area (Å²) in [5.41, 5.74) is 2.69. The second-order valence-electron chi connectivity index (χ2n) is 6.23. The van der Waals surface area contributed by atoms with Crippen molar-refractivity contribution in [2.45, 2.75) is 24.7 Å². The first-order chi connectivity index (χ1) is 13.1. The van der Waals surface area contributed by atoms with E-state index in [0.717, 1.165) is 28.7 Å². The highest BCUT2D eigenvalue weighted by molar-refractivity contribution is 7.99. The Morgan fingerprint density at radius 2 is 2.11 bits per heavy atom. The molecule has 1 aliphatic rings. The summed E-state index contributed by atoms with van der Waals surface area (Å²) in [7, 11) is 0. The van der Waals surface area contributed by atoms with Crippen molar-refractivity contribution in [1.82, 2.24) is 9.55 Å². The normalized spacial score (nSPS) is 13.9. The number of ether oxygens (including phenoxy) is 1. The lowest BCUT2D eigenvalue weighted by molar-refractivity contribution is -0.122. The minimum absolute atomic E-state index is 0.222. The topological polar surface area (TPSA) is 56.1 Å². The molecule has 1 amide bonds. The van der Waals surface area contributed by atoms with Gasteiger partial charge in [0.1, 0.15) is 5.75 Å². The minimum Gasteiger partial charge on any atom is -0.481 e. The molecule has 0 spiro atoms. The third-order valence-electron chi connectivity index (χ3n) is 4.23. The van der Waals surface area contributed by atoms with Gasteiger partial charge < -0.3 is 14.6 Å². The number of amides is 1. The van der Waals surface area contributed by atoms with Crippen LogP contribution in [0, 0.1) is 0 Å². The highest BCUT2D eigenvalue weighted by Gasteiger charge is 2.17. The van der Waals surface area contributed by atoms with E-state index in [1.54, 1.807) is 43.0 Å². The lowest BCUT2D eigenvalue weighted by Crippen LogP contribution is -2.30. The van der Waals surface area contributed by atoms with E-state index >= 15 is 0 Å². The van der Waals surface area contributed by atoms with Gasteiger partial charge in [-0.1, -0.05) is 41.6 Å². The van der Waals surface area contributed by atoms with Crippen molar-refractivity contribution in [1.29, 1.82) is 0 Å². The fraction of sp³-hybridized carbons (Fsp3) is 0.200. The molecule has 1 N–H and O–H groups in total. The van der Waals surface area contributed by atoms with Crippen molar-refractivity contribution in [3.63, 3.8) is 0 Å². The number of halogens is 1. The standard InChI is InChI=1S/C20H18ClN3O2S/c1-13(26-17-4-2-3-15(21)11-17)19(25)22-16-7-5-14(6-8-16)18-12-24-9-10-27-20(24)23-18/h2-8,11-13H,9-10H2,1H3,(H,22,25). The van der Waals surface area contributed by atoms with E-state index in [9.17, 15) is 4.79 Å². The molecule has 1 atom stereocenters. The van der Waals surface area contributed by atoms with Crippen molar-refractivity contribution < 1.29 is 9.53 Å². The van der Waals surface area contributed by atoms with Gasteiger partial charge in [0.05, 0.1) is 5.69 Å². The SMILES string of the molecule is CC(Oc1cccc(Cl)c1)C(=O)Nc1ccc(-c2cn3c(n2)SCC3)cc1. The zero-order chi connectivity index (χ0) is 18.8. The van der Waals surface area contributed by atoms with Crippen molar-refractivity contribution in [3.8, 4) is 17.0 Å². The van der Waals surface area contributed by atoms with E-state index in [2.05, 4.69) is 21.1 Å². The Morgan fingerprint density at radius 1 is 1.30 bits per heavy atom. The number of aromatic nitrogens is 2. The minimum atomic E-state index is -0.642. The maximum Gasteiger partial charge on any atom is 0.265 e. The van der Waals surface area contributed by atoms with E-state index in [4.69, 9.17) is 16.3 Å². The monoisotopic (exact) mass is 399 g/mol. The highest BCUT2D eigenvalue weighted by Crippen LogP contribution is 2.29. The third kappa shape index (κ3) is 4.12. The van der Waals surface area contributed by atoms with E-state index < -0.39 is 6.10 Å². The predicted molar refractivity (Wildman–Crippen MR) is 109 cm³/mol. The zero-order valence-electron chi connectivity index (χ0n) is 14.7. The van der Waals surface area contributed by atoms with Crippen molar-refractivity contribution in [2.75, 3.05) is 11.1 Å². The fourth-order valence-corrected chi connectivity index (χ4v) is 3.94. The van der Waals surface area contributed by atoms with Crippen molar-refractivity contribution >= 4 is 35.0 Å². The Bertz CT molecular complexity index is 950. The first-order valence-corrected chi connectivity index (χ1v) is 9.98. The van der Waals surface area contributed by atoms with Gasteiger partial charge >= 0.3 is 0 Å². The fourth-order valence-electron chi connectivity index (χ4n) is 2.81. The summed E-state index contributed by atoms with van der Waals surface area (Å²) in [5, 5.41) is 4.50. The lowest BCUT2D eigenvalue weighted by atomic mass is 10.1. The first kappa shape index (κ1) is 17.9. The molecule has 4 rings (SSSR count). The van der Waals surface area contributed by atoms with Crippen molar-refractivity contribution in [3.05, 3.63) is 59.8 Å². The smallest absolute Gasteiger partial charge is 0.265 e. The summed E-state index contributed by atoms with van der Waals surface area (Å²) in [4.78, 5) is 17.0. The first-order valence-electron chi connectivity index (χ1n) is 8.62. The second kappa shape index (κ2) is 7.66. The van der Waals surface area contributed by atoms with Crippen LogP contribution in [-0.4, -0.2) is 27.3 Å². The van der Waals surface area contributed by atoms with Crippen LogP contribution in [0.4, 0.5) is 5.69 Å². The largest absolute Gasteiger partial charge is 0.481 e. The van der Waals surface area contributed by atoms with E-state index in [1.807, 2.05) is 24.3 Å². The maximum absolute atomic E-state index is 12.4. The van der Waals surface area contributed by atoms with Gasteiger partial charge in [0.15, 0.2) is 11.3 Å². The van der Waals surface area contributed by atoms with Crippen LogP contribution in [-0.2, 0) is 11.3 Å². The molecule has 1 unspecified atom stereocenters. The number of benzene rings is 2. The van der Waals surface area contributed by atoms with Crippen LogP contribution < -0.4 is 10.1 Å². The van der Waals surface area contributed by atoms with Crippen LogP contribution in [0.2, 0.25) is 5.02 Å². The van der Waals surface area contributed by atoms with E-state index in [0.29, 0.717) is 16.5 Å². The van der Waals surface area contributed by atoms with E-state index in [-0.39, 0.29) is 5.91 Å². The Labute approximate surface area is 166 Å². The molecule has 2 heterocycles. The number of carbonyl (C=O) groups is 1. The number of thioether (sulfide) groups is 1. The van der Waals surface area contributed by atoms with Gasteiger partial charge in [0.2, 0.25) is 0 Å². The van der Waals surface area contributed by atoms with E-state index in [1.165, 1.54) is 0 Å². The molecular formula is C20H18ClN3O2S. The maximum atomic E-state index is 12.4. The lowest BCUT2D eigenvalue weighted by Gasteiger charge is -2.15. The summed E-state index contributed by atoms with van der Waals surface area (Å²) in [5.74, 6) is 1.43. The van der Waals surface area contributed by atoms with Crippen LogP contribution in [0.25, 0.3) is 11.3 Å². The molecule has 7 heteroatoms. The van der Waals surface area contributed by atoms with Gasteiger partial charge in [0, 0.05) is 34.8 Å². The van der Waals surface area contributed by atoms with Crippen LogP contribution in [0.15, 0.2) is 59.9 Å². The Kier molecular flexibility index (Phi) is 5.09. The van der Waals surface area contributed by atoms with Crippen LogP contribution in [0.5, 0.6) is 5.75 Å². The number of anilines is 1. The number of fused-ring (bicyclic) bond motifs is 1. The molecule has 27 heavy (non-hydrogen) atoms.